The van der Waals surface area contributed by atoms with Crippen molar-refractivity contribution in [3.05, 3.63) is 29.8 Å². The molecule has 1 N–H and O–H groups in total. The van der Waals surface area contributed by atoms with E-state index in [1.807, 2.05) is 19.6 Å². The summed E-state index contributed by atoms with van der Waals surface area (Å²) in [5.74, 6) is -0.752. The van der Waals surface area contributed by atoms with Gasteiger partial charge >= 0.3 is 6.18 Å². The van der Waals surface area contributed by atoms with Gasteiger partial charge in [0.05, 0.1) is 11.1 Å². The summed E-state index contributed by atoms with van der Waals surface area (Å²) in [7, 11) is -0.382. The highest BCUT2D eigenvalue weighted by molar-refractivity contribution is 6.87. The van der Waals surface area contributed by atoms with E-state index in [-0.39, 0.29) is 5.76 Å². The van der Waals surface area contributed by atoms with Gasteiger partial charge in [-0.15, -0.1) is 0 Å². The molecule has 0 saturated carbocycles. The van der Waals surface area contributed by atoms with Gasteiger partial charge in [-0.2, -0.15) is 18.3 Å². The van der Waals surface area contributed by atoms with E-state index in [0.717, 1.165) is 10.9 Å². The molecule has 2 aromatic rings. The number of aryl methyl sites for hydroxylation is 1. The van der Waals surface area contributed by atoms with Crippen LogP contribution in [0.25, 0.3) is 0 Å². The summed E-state index contributed by atoms with van der Waals surface area (Å²) < 4.78 is 44.9. The van der Waals surface area contributed by atoms with Gasteiger partial charge in [0.1, 0.15) is 8.07 Å². The van der Waals surface area contributed by atoms with Crippen molar-refractivity contribution in [3.63, 3.8) is 0 Å². The summed E-state index contributed by atoms with van der Waals surface area (Å²) in [4.78, 5) is 12.0. The molecule has 2 aromatic heterocycles. The molecule has 2 heterocycles. The SMILES string of the molecule is Cn1cc(NC(=O)c2ccc([Si](C)(C)C)o2)c(C(F)(F)F)n1. The van der Waals surface area contributed by atoms with Crippen LogP contribution in [0.4, 0.5) is 18.9 Å². The van der Waals surface area contributed by atoms with Gasteiger partial charge in [0, 0.05) is 13.2 Å². The number of rotatable bonds is 3. The Morgan fingerprint density at radius 3 is 2.45 bits per heavy atom. The van der Waals surface area contributed by atoms with Gasteiger partial charge in [-0.05, 0) is 12.1 Å². The minimum atomic E-state index is -4.64. The Labute approximate surface area is 126 Å². The van der Waals surface area contributed by atoms with E-state index in [1.165, 1.54) is 13.1 Å². The topological polar surface area (TPSA) is 60.1 Å². The second-order valence-electron chi connectivity index (χ2n) is 5.93. The number of carbonyl (C=O) groups excluding carboxylic acids is 1. The van der Waals surface area contributed by atoms with Gasteiger partial charge in [-0.3, -0.25) is 9.48 Å². The number of hydrogen-bond donors (Lipinski definition) is 1. The van der Waals surface area contributed by atoms with Gasteiger partial charge < -0.3 is 9.73 Å². The highest BCUT2D eigenvalue weighted by Gasteiger charge is 2.38. The molecule has 0 bridgehead atoms. The first-order valence-electron chi connectivity index (χ1n) is 6.51. The smallest absolute Gasteiger partial charge is 0.437 e. The molecule has 0 aliphatic rings. The molecule has 0 aromatic carbocycles. The molecule has 1 amide bonds. The number of carbonyl (C=O) groups is 1. The Balaban J connectivity index is 2.25. The normalized spacial score (nSPS) is 12.5. The van der Waals surface area contributed by atoms with Gasteiger partial charge in [0.2, 0.25) is 0 Å². The summed E-state index contributed by atoms with van der Waals surface area (Å²) in [6.45, 7) is 6.11. The van der Waals surface area contributed by atoms with E-state index in [9.17, 15) is 18.0 Å². The number of nitrogens with one attached hydrogen (secondary N) is 1. The zero-order chi connectivity index (χ0) is 16.7. The maximum atomic E-state index is 12.8. The maximum Gasteiger partial charge on any atom is 0.437 e. The molecule has 0 fully saturated rings. The molecule has 0 saturated heterocycles. The monoisotopic (exact) mass is 331 g/mol. The van der Waals surface area contributed by atoms with E-state index < -0.39 is 31.5 Å². The first-order valence-corrected chi connectivity index (χ1v) is 10.0. The van der Waals surface area contributed by atoms with E-state index in [2.05, 4.69) is 10.4 Å². The summed E-state index contributed by atoms with van der Waals surface area (Å²) in [5, 5.41) is 6.23. The van der Waals surface area contributed by atoms with Crippen LogP contribution < -0.4 is 10.7 Å². The predicted molar refractivity (Wildman–Crippen MR) is 77.9 cm³/mol. The number of halogens is 3. The second-order valence-corrected chi connectivity index (χ2v) is 10.9. The fourth-order valence-electron chi connectivity index (χ4n) is 1.84. The van der Waals surface area contributed by atoms with E-state index >= 15 is 0 Å². The zero-order valence-electron chi connectivity index (χ0n) is 12.6. The third-order valence-corrected chi connectivity index (χ3v) is 4.66. The van der Waals surface area contributed by atoms with Crippen LogP contribution in [-0.2, 0) is 13.2 Å². The van der Waals surface area contributed by atoms with Crippen molar-refractivity contribution in [2.75, 3.05) is 5.32 Å². The van der Waals surface area contributed by atoms with Gasteiger partial charge in [0.25, 0.3) is 5.91 Å². The van der Waals surface area contributed by atoms with Crippen LogP contribution in [0, 0.1) is 0 Å². The average Bonchev–Trinajstić information content (AvgIpc) is 2.93. The standard InChI is InChI=1S/C13H16F3N3O2Si/c1-19-7-8(11(18-19)13(14,15)16)17-12(20)9-5-6-10(21-9)22(2,3)4/h5-7H,1-4H3,(H,17,20). The number of amides is 1. The molecule has 0 atom stereocenters. The Hall–Kier alpha value is -2.03. The van der Waals surface area contributed by atoms with Crippen LogP contribution in [0.5, 0.6) is 0 Å². The summed E-state index contributed by atoms with van der Waals surface area (Å²) in [5.41, 5.74) is -1.54. The number of alkyl halides is 3. The van der Waals surface area contributed by atoms with Crippen LogP contribution in [0.3, 0.4) is 0 Å². The van der Waals surface area contributed by atoms with Crippen molar-refractivity contribution >= 4 is 25.1 Å². The molecule has 0 radical (unpaired) electrons. The molecule has 22 heavy (non-hydrogen) atoms. The number of furan rings is 1. The zero-order valence-corrected chi connectivity index (χ0v) is 13.6. The van der Waals surface area contributed by atoms with Crippen LogP contribution >= 0.6 is 0 Å². The highest BCUT2D eigenvalue weighted by atomic mass is 28.3. The molecule has 0 aliphatic heterocycles. The van der Waals surface area contributed by atoms with Crippen molar-refractivity contribution in [1.29, 1.82) is 0 Å². The Kier molecular flexibility index (Phi) is 3.94. The van der Waals surface area contributed by atoms with Crippen LogP contribution in [0.1, 0.15) is 16.2 Å². The lowest BCUT2D eigenvalue weighted by Crippen LogP contribution is -2.36. The van der Waals surface area contributed by atoms with E-state index in [1.54, 1.807) is 6.07 Å². The molecule has 5 nitrogen and oxygen atoms in total. The Morgan fingerprint density at radius 1 is 1.32 bits per heavy atom. The van der Waals surface area contributed by atoms with Crippen molar-refractivity contribution < 1.29 is 22.4 Å². The quantitative estimate of drug-likeness (QED) is 0.880. The molecule has 0 spiro atoms. The molecule has 120 valence electrons. The first-order chi connectivity index (χ1) is 9.98. The minimum Gasteiger partial charge on any atom is -0.461 e. The van der Waals surface area contributed by atoms with Gasteiger partial charge in [-0.1, -0.05) is 19.6 Å². The van der Waals surface area contributed by atoms with E-state index in [0.29, 0.717) is 5.38 Å². The van der Waals surface area contributed by atoms with Crippen molar-refractivity contribution in [2.24, 2.45) is 7.05 Å². The largest absolute Gasteiger partial charge is 0.461 e. The number of aromatic nitrogens is 2. The third-order valence-electron chi connectivity index (χ3n) is 2.91. The third kappa shape index (κ3) is 3.41. The number of anilines is 1. The Morgan fingerprint density at radius 2 is 1.95 bits per heavy atom. The molecular weight excluding hydrogens is 315 g/mol. The lowest BCUT2D eigenvalue weighted by molar-refractivity contribution is -0.140. The van der Waals surface area contributed by atoms with Crippen molar-refractivity contribution in [1.82, 2.24) is 9.78 Å². The summed E-state index contributed by atoms with van der Waals surface area (Å²) in [6, 6.07) is 3.15. The Bertz CT molecular complexity index is 698. The van der Waals surface area contributed by atoms with Crippen molar-refractivity contribution in [3.8, 4) is 0 Å². The molecular formula is C13H16F3N3O2Si. The summed E-state index contributed by atoms with van der Waals surface area (Å²) >= 11 is 0. The summed E-state index contributed by atoms with van der Waals surface area (Å²) in [6.07, 6.45) is -3.54. The molecule has 0 aliphatic carbocycles. The van der Waals surface area contributed by atoms with Crippen LogP contribution in [0.2, 0.25) is 19.6 Å². The lowest BCUT2D eigenvalue weighted by Gasteiger charge is -2.11. The van der Waals surface area contributed by atoms with Crippen LogP contribution in [-0.4, -0.2) is 23.8 Å². The van der Waals surface area contributed by atoms with Gasteiger partial charge in [0.15, 0.2) is 11.5 Å². The number of hydrogen-bond acceptors (Lipinski definition) is 3. The average molecular weight is 331 g/mol. The minimum absolute atomic E-state index is 0.0191. The second kappa shape index (κ2) is 5.31. The fourth-order valence-corrected chi connectivity index (χ4v) is 2.84. The molecule has 2 rings (SSSR count). The predicted octanol–water partition coefficient (Wildman–Crippen LogP) is 2.83. The fraction of sp³-hybridized carbons (Fsp3) is 0.385. The van der Waals surface area contributed by atoms with Gasteiger partial charge in [-0.25, -0.2) is 0 Å². The molecule has 0 unspecified atom stereocenters. The maximum absolute atomic E-state index is 12.8. The molecule has 9 heteroatoms. The first kappa shape index (κ1) is 16.3. The van der Waals surface area contributed by atoms with Crippen molar-refractivity contribution in [2.45, 2.75) is 25.8 Å². The lowest BCUT2D eigenvalue weighted by atomic mass is 10.3. The number of nitrogens with zero attached hydrogens (tertiary/aromatic N) is 2. The van der Waals surface area contributed by atoms with E-state index in [4.69, 9.17) is 4.42 Å². The highest BCUT2D eigenvalue weighted by Crippen LogP contribution is 2.33. The van der Waals surface area contributed by atoms with Crippen LogP contribution in [0.15, 0.2) is 22.7 Å².